The molecule has 0 aliphatic heterocycles. The third kappa shape index (κ3) is 4.06. The Morgan fingerprint density at radius 1 is 1.32 bits per heavy atom. The maximum Gasteiger partial charge on any atom is 0.245 e. The highest BCUT2D eigenvalue weighted by Crippen LogP contribution is 2.21. The Balaban J connectivity index is 1.84. The van der Waals surface area contributed by atoms with E-state index in [1.807, 2.05) is 35.7 Å². The Labute approximate surface area is 116 Å². The van der Waals surface area contributed by atoms with Gasteiger partial charge in [0.15, 0.2) is 5.13 Å². The summed E-state index contributed by atoms with van der Waals surface area (Å²) >= 11 is 1.46. The number of carbonyl (C=O) groups is 1. The molecule has 2 rings (SSSR count). The van der Waals surface area contributed by atoms with E-state index in [0.717, 1.165) is 11.4 Å². The standard InChI is InChI=1S/C14H17N3OS/c1-10(2)12-9-19-14(16-12)17-13(18)8-15-11-6-4-3-5-7-11/h3-7,9-10,15H,8H2,1-2H3,(H,16,17,18). The van der Waals surface area contributed by atoms with Crippen LogP contribution in [0.15, 0.2) is 35.7 Å². The lowest BCUT2D eigenvalue weighted by molar-refractivity contribution is -0.114. The van der Waals surface area contributed by atoms with E-state index in [-0.39, 0.29) is 12.5 Å². The Bertz CT molecular complexity index is 537. The van der Waals surface area contributed by atoms with Crippen LogP contribution in [-0.4, -0.2) is 17.4 Å². The van der Waals surface area contributed by atoms with E-state index >= 15 is 0 Å². The van der Waals surface area contributed by atoms with E-state index in [4.69, 9.17) is 0 Å². The van der Waals surface area contributed by atoms with Crippen molar-refractivity contribution < 1.29 is 4.79 Å². The summed E-state index contributed by atoms with van der Waals surface area (Å²) in [5.74, 6) is 0.290. The lowest BCUT2D eigenvalue weighted by Gasteiger charge is -2.05. The van der Waals surface area contributed by atoms with E-state index in [1.165, 1.54) is 11.3 Å². The highest BCUT2D eigenvalue weighted by molar-refractivity contribution is 7.13. The molecule has 0 spiro atoms. The van der Waals surface area contributed by atoms with Crippen LogP contribution in [0.3, 0.4) is 0 Å². The van der Waals surface area contributed by atoms with E-state index in [9.17, 15) is 4.79 Å². The van der Waals surface area contributed by atoms with Crippen LogP contribution >= 0.6 is 11.3 Å². The molecule has 4 nitrogen and oxygen atoms in total. The monoisotopic (exact) mass is 275 g/mol. The number of nitrogens with one attached hydrogen (secondary N) is 2. The molecule has 1 amide bonds. The molecule has 0 aliphatic carbocycles. The number of amides is 1. The van der Waals surface area contributed by atoms with Gasteiger partial charge in [0.2, 0.25) is 5.91 Å². The minimum absolute atomic E-state index is 0.0893. The number of hydrogen-bond donors (Lipinski definition) is 2. The fourth-order valence-electron chi connectivity index (χ4n) is 1.51. The third-order valence-electron chi connectivity index (χ3n) is 2.59. The molecule has 2 N–H and O–H groups in total. The minimum atomic E-state index is -0.0893. The smallest absolute Gasteiger partial charge is 0.245 e. The minimum Gasteiger partial charge on any atom is -0.376 e. The molecule has 100 valence electrons. The zero-order chi connectivity index (χ0) is 13.7. The summed E-state index contributed by atoms with van der Waals surface area (Å²) in [5, 5.41) is 8.49. The Morgan fingerprint density at radius 3 is 2.68 bits per heavy atom. The molecule has 19 heavy (non-hydrogen) atoms. The number of rotatable bonds is 5. The van der Waals surface area contributed by atoms with Gasteiger partial charge in [0, 0.05) is 11.1 Å². The molecule has 1 aromatic carbocycles. The number of benzene rings is 1. The highest BCUT2D eigenvalue weighted by atomic mass is 32.1. The van der Waals surface area contributed by atoms with Crippen molar-refractivity contribution in [3.63, 3.8) is 0 Å². The Kier molecular flexibility index (Phi) is 4.52. The number of aromatic nitrogens is 1. The zero-order valence-electron chi connectivity index (χ0n) is 11.0. The van der Waals surface area contributed by atoms with Gasteiger partial charge < -0.3 is 10.6 Å². The zero-order valence-corrected chi connectivity index (χ0v) is 11.8. The fraction of sp³-hybridized carbons (Fsp3) is 0.286. The van der Waals surface area contributed by atoms with Gasteiger partial charge in [0.25, 0.3) is 0 Å². The van der Waals surface area contributed by atoms with Gasteiger partial charge in [-0.1, -0.05) is 32.0 Å². The van der Waals surface area contributed by atoms with Crippen LogP contribution in [0.5, 0.6) is 0 Å². The van der Waals surface area contributed by atoms with Crippen LogP contribution in [0.4, 0.5) is 10.8 Å². The van der Waals surface area contributed by atoms with Gasteiger partial charge in [-0.3, -0.25) is 4.79 Å². The molecular weight excluding hydrogens is 258 g/mol. The predicted octanol–water partition coefficient (Wildman–Crippen LogP) is 3.32. The lowest BCUT2D eigenvalue weighted by atomic mass is 10.2. The van der Waals surface area contributed by atoms with Gasteiger partial charge in [-0.05, 0) is 18.1 Å². The van der Waals surface area contributed by atoms with Crippen molar-refractivity contribution in [2.75, 3.05) is 17.2 Å². The number of para-hydroxylation sites is 1. The molecule has 0 saturated heterocycles. The molecule has 0 aliphatic rings. The number of thiazole rings is 1. The quantitative estimate of drug-likeness (QED) is 0.880. The molecule has 1 aromatic heterocycles. The number of hydrogen-bond acceptors (Lipinski definition) is 4. The topological polar surface area (TPSA) is 54.0 Å². The molecule has 0 unspecified atom stereocenters. The number of anilines is 2. The molecule has 0 bridgehead atoms. The Morgan fingerprint density at radius 2 is 2.05 bits per heavy atom. The van der Waals surface area contributed by atoms with Crippen LogP contribution in [0.25, 0.3) is 0 Å². The summed E-state index contributed by atoms with van der Waals surface area (Å²) in [6.45, 7) is 4.40. The highest BCUT2D eigenvalue weighted by Gasteiger charge is 2.08. The normalized spacial score (nSPS) is 10.5. The van der Waals surface area contributed by atoms with Crippen molar-refractivity contribution in [2.24, 2.45) is 0 Å². The third-order valence-corrected chi connectivity index (χ3v) is 3.36. The van der Waals surface area contributed by atoms with Gasteiger partial charge in [0.05, 0.1) is 12.2 Å². The molecule has 1 heterocycles. The molecule has 0 fully saturated rings. The van der Waals surface area contributed by atoms with E-state index < -0.39 is 0 Å². The molecule has 5 heteroatoms. The molecular formula is C14H17N3OS. The lowest BCUT2D eigenvalue weighted by Crippen LogP contribution is -2.21. The SMILES string of the molecule is CC(C)c1csc(NC(=O)CNc2ccccc2)n1. The average molecular weight is 275 g/mol. The van der Waals surface area contributed by atoms with Gasteiger partial charge in [-0.2, -0.15) is 0 Å². The van der Waals surface area contributed by atoms with Crippen LogP contribution < -0.4 is 10.6 Å². The summed E-state index contributed by atoms with van der Waals surface area (Å²) in [6, 6.07) is 9.64. The van der Waals surface area contributed by atoms with Gasteiger partial charge in [-0.25, -0.2) is 4.98 Å². The van der Waals surface area contributed by atoms with E-state index in [0.29, 0.717) is 11.0 Å². The van der Waals surface area contributed by atoms with Gasteiger partial charge >= 0.3 is 0 Å². The van der Waals surface area contributed by atoms with Crippen molar-refractivity contribution in [1.29, 1.82) is 0 Å². The average Bonchev–Trinajstić information content (AvgIpc) is 2.86. The molecule has 0 saturated carbocycles. The van der Waals surface area contributed by atoms with Crippen LogP contribution in [0.1, 0.15) is 25.5 Å². The maximum absolute atomic E-state index is 11.8. The summed E-state index contributed by atoms with van der Waals surface area (Å²) in [7, 11) is 0. The molecule has 0 atom stereocenters. The summed E-state index contributed by atoms with van der Waals surface area (Å²) in [5.41, 5.74) is 1.94. The fourth-order valence-corrected chi connectivity index (χ4v) is 2.40. The second-order valence-electron chi connectivity index (χ2n) is 4.50. The second-order valence-corrected chi connectivity index (χ2v) is 5.36. The first-order valence-corrected chi connectivity index (χ1v) is 7.07. The van der Waals surface area contributed by atoms with Crippen molar-refractivity contribution in [3.05, 3.63) is 41.4 Å². The van der Waals surface area contributed by atoms with Crippen molar-refractivity contribution in [3.8, 4) is 0 Å². The van der Waals surface area contributed by atoms with Crippen LogP contribution in [0.2, 0.25) is 0 Å². The number of nitrogens with zero attached hydrogens (tertiary/aromatic N) is 1. The van der Waals surface area contributed by atoms with Crippen molar-refractivity contribution in [2.45, 2.75) is 19.8 Å². The van der Waals surface area contributed by atoms with Gasteiger partial charge in [-0.15, -0.1) is 11.3 Å². The van der Waals surface area contributed by atoms with Crippen LogP contribution in [-0.2, 0) is 4.79 Å². The summed E-state index contributed by atoms with van der Waals surface area (Å²) in [6.07, 6.45) is 0. The molecule has 0 radical (unpaired) electrons. The van der Waals surface area contributed by atoms with Crippen molar-refractivity contribution >= 4 is 28.1 Å². The molecule has 2 aromatic rings. The summed E-state index contributed by atoms with van der Waals surface area (Å²) < 4.78 is 0. The van der Waals surface area contributed by atoms with Crippen molar-refractivity contribution in [1.82, 2.24) is 4.98 Å². The first-order valence-electron chi connectivity index (χ1n) is 6.19. The van der Waals surface area contributed by atoms with E-state index in [2.05, 4.69) is 29.5 Å². The Hall–Kier alpha value is -1.88. The van der Waals surface area contributed by atoms with E-state index in [1.54, 1.807) is 0 Å². The van der Waals surface area contributed by atoms with Gasteiger partial charge in [0.1, 0.15) is 0 Å². The first kappa shape index (κ1) is 13.5. The first-order chi connectivity index (χ1) is 9.15. The largest absolute Gasteiger partial charge is 0.376 e. The predicted molar refractivity (Wildman–Crippen MR) is 79.8 cm³/mol. The second kappa shape index (κ2) is 6.33. The number of carbonyl (C=O) groups excluding carboxylic acids is 1. The maximum atomic E-state index is 11.8. The summed E-state index contributed by atoms with van der Waals surface area (Å²) in [4.78, 5) is 16.1. The van der Waals surface area contributed by atoms with Crippen LogP contribution in [0, 0.1) is 0 Å².